The predicted molar refractivity (Wildman–Crippen MR) is 167 cm³/mol. The fourth-order valence-electron chi connectivity index (χ4n) is 6.63. The second kappa shape index (κ2) is 11.2. The molecule has 2 aliphatic carbocycles. The molecule has 0 saturated heterocycles. The van der Waals surface area contributed by atoms with E-state index in [1.165, 1.54) is 0 Å². The first kappa shape index (κ1) is 30.4. The molecule has 1 aliphatic heterocycles. The summed E-state index contributed by atoms with van der Waals surface area (Å²) in [4.78, 5) is 43.0. The number of carbonyl (C=O) groups excluding carboxylic acids is 3. The number of halogens is 2. The number of nitrogens with one attached hydrogen (secondary N) is 1. The highest BCUT2D eigenvalue weighted by molar-refractivity contribution is 6.31. The standard InChI is InChI=1S/C34H38Cl2N2O4/c1-7-38-24-14-33(3,4)16-26(39)31(24)30(32-25(38)15-34(5,6)17-27(32)40)22-12-20(35)9-11-28(22)42-18-29(41)37-21-10-8-19(2)23(36)13-21/h8-13,30H,7,14-18H2,1-6H3,(H,37,41). The van der Waals surface area contributed by atoms with Gasteiger partial charge in [-0.3, -0.25) is 14.4 Å². The van der Waals surface area contributed by atoms with Gasteiger partial charge in [-0.05, 0) is 73.4 Å². The van der Waals surface area contributed by atoms with E-state index in [2.05, 4.69) is 44.8 Å². The molecule has 0 unspecified atom stereocenters. The summed E-state index contributed by atoms with van der Waals surface area (Å²) in [7, 11) is 0. The van der Waals surface area contributed by atoms with Gasteiger partial charge >= 0.3 is 0 Å². The fourth-order valence-corrected chi connectivity index (χ4v) is 6.99. The molecule has 222 valence electrons. The first-order chi connectivity index (χ1) is 19.7. The van der Waals surface area contributed by atoms with Gasteiger partial charge in [-0.1, -0.05) is 57.0 Å². The first-order valence-corrected chi connectivity index (χ1v) is 15.2. The lowest BCUT2D eigenvalue weighted by atomic mass is 9.63. The summed E-state index contributed by atoms with van der Waals surface area (Å²) in [6.07, 6.45) is 2.23. The van der Waals surface area contributed by atoms with Crippen molar-refractivity contribution >= 4 is 46.4 Å². The highest BCUT2D eigenvalue weighted by Gasteiger charge is 2.49. The number of anilines is 1. The molecule has 0 spiro atoms. The number of allylic oxidation sites excluding steroid dienone is 4. The number of rotatable bonds is 6. The van der Waals surface area contributed by atoms with Crippen molar-refractivity contribution in [3.05, 3.63) is 80.1 Å². The van der Waals surface area contributed by atoms with Crippen LogP contribution >= 0.6 is 23.2 Å². The Hall–Kier alpha value is -3.09. The number of hydrogen-bond acceptors (Lipinski definition) is 5. The van der Waals surface area contributed by atoms with Crippen LogP contribution in [0.3, 0.4) is 0 Å². The van der Waals surface area contributed by atoms with Crippen LogP contribution in [-0.4, -0.2) is 35.5 Å². The van der Waals surface area contributed by atoms with Crippen LogP contribution in [0.2, 0.25) is 10.0 Å². The monoisotopic (exact) mass is 608 g/mol. The van der Waals surface area contributed by atoms with Crippen LogP contribution in [0.4, 0.5) is 5.69 Å². The summed E-state index contributed by atoms with van der Waals surface area (Å²) in [6, 6.07) is 10.5. The van der Waals surface area contributed by atoms with E-state index in [4.69, 9.17) is 27.9 Å². The summed E-state index contributed by atoms with van der Waals surface area (Å²) in [6.45, 7) is 12.8. The van der Waals surface area contributed by atoms with E-state index >= 15 is 0 Å². The third-order valence-corrected chi connectivity index (χ3v) is 9.08. The lowest BCUT2D eigenvalue weighted by molar-refractivity contribution is -0.120. The van der Waals surface area contributed by atoms with Gasteiger partial charge in [-0.15, -0.1) is 0 Å². The molecule has 0 bridgehead atoms. The highest BCUT2D eigenvalue weighted by atomic mass is 35.5. The molecule has 0 aromatic heterocycles. The molecule has 8 heteroatoms. The van der Waals surface area contributed by atoms with Gasteiger partial charge in [0.2, 0.25) is 0 Å². The van der Waals surface area contributed by atoms with Crippen LogP contribution in [0, 0.1) is 17.8 Å². The predicted octanol–water partition coefficient (Wildman–Crippen LogP) is 8.02. The van der Waals surface area contributed by atoms with Gasteiger partial charge < -0.3 is 15.0 Å². The second-order valence-corrected chi connectivity index (χ2v) is 14.1. The van der Waals surface area contributed by atoms with Crippen molar-refractivity contribution in [2.24, 2.45) is 10.8 Å². The van der Waals surface area contributed by atoms with Crippen LogP contribution in [0.1, 0.15) is 77.3 Å². The minimum absolute atomic E-state index is 0.0359. The zero-order valence-corrected chi connectivity index (χ0v) is 26.6. The van der Waals surface area contributed by atoms with Crippen molar-refractivity contribution in [2.45, 2.75) is 73.1 Å². The Labute approximate surface area is 258 Å². The topological polar surface area (TPSA) is 75.7 Å². The molecule has 6 nitrogen and oxygen atoms in total. The van der Waals surface area contributed by atoms with E-state index in [9.17, 15) is 14.4 Å². The Kier molecular flexibility index (Phi) is 8.10. The summed E-state index contributed by atoms with van der Waals surface area (Å²) in [5.74, 6) is -0.483. The molecule has 0 atom stereocenters. The average molecular weight is 610 g/mol. The maximum absolute atomic E-state index is 13.9. The number of ketones is 2. The molecule has 0 fully saturated rings. The van der Waals surface area contributed by atoms with Gasteiger partial charge in [0.05, 0.1) is 0 Å². The molecule has 2 aromatic rings. The molecular formula is C34H38Cl2N2O4. The van der Waals surface area contributed by atoms with Crippen molar-refractivity contribution in [2.75, 3.05) is 18.5 Å². The third-order valence-electron chi connectivity index (χ3n) is 8.44. The average Bonchev–Trinajstić information content (AvgIpc) is 2.87. The van der Waals surface area contributed by atoms with E-state index < -0.39 is 5.92 Å². The second-order valence-electron chi connectivity index (χ2n) is 13.3. The van der Waals surface area contributed by atoms with Gasteiger partial charge in [-0.25, -0.2) is 0 Å². The van der Waals surface area contributed by atoms with Crippen LogP contribution < -0.4 is 10.1 Å². The lowest BCUT2D eigenvalue weighted by Gasteiger charge is -2.49. The third kappa shape index (κ3) is 5.89. The first-order valence-electron chi connectivity index (χ1n) is 14.5. The Morgan fingerprint density at radius 2 is 1.52 bits per heavy atom. The number of Topliss-reactive ketones (excluding diaryl/α,β-unsaturated/α-hetero) is 2. The van der Waals surface area contributed by atoms with E-state index in [0.717, 1.165) is 29.8 Å². The van der Waals surface area contributed by atoms with Crippen LogP contribution in [0.25, 0.3) is 0 Å². The Bertz CT molecular complexity index is 1500. The summed E-state index contributed by atoms with van der Waals surface area (Å²) in [5.41, 5.74) is 4.96. The Balaban J connectivity index is 1.57. The normalized spacial score (nSPS) is 20.0. The molecule has 1 heterocycles. The van der Waals surface area contributed by atoms with Gasteiger partial charge in [0.1, 0.15) is 5.75 Å². The summed E-state index contributed by atoms with van der Waals surface area (Å²) >= 11 is 12.8. The molecule has 3 aliphatic rings. The molecule has 1 N–H and O–H groups in total. The smallest absolute Gasteiger partial charge is 0.262 e. The van der Waals surface area contributed by atoms with Gasteiger partial charge in [0.25, 0.3) is 5.91 Å². The number of ether oxygens (including phenoxy) is 1. The zero-order valence-electron chi connectivity index (χ0n) is 25.1. The molecule has 5 rings (SSSR count). The van der Waals surface area contributed by atoms with Crippen LogP contribution in [-0.2, 0) is 14.4 Å². The fraction of sp³-hybridized carbons (Fsp3) is 0.441. The van der Waals surface area contributed by atoms with E-state index in [0.29, 0.717) is 57.6 Å². The highest BCUT2D eigenvalue weighted by Crippen LogP contribution is 2.55. The van der Waals surface area contributed by atoms with Crippen molar-refractivity contribution in [1.82, 2.24) is 4.90 Å². The number of amides is 1. The van der Waals surface area contributed by atoms with E-state index in [1.807, 2.05) is 13.0 Å². The number of aryl methyl sites for hydroxylation is 1. The number of carbonyl (C=O) groups is 3. The van der Waals surface area contributed by atoms with Crippen molar-refractivity contribution < 1.29 is 19.1 Å². The molecule has 2 aromatic carbocycles. The molecule has 42 heavy (non-hydrogen) atoms. The van der Waals surface area contributed by atoms with E-state index in [1.54, 1.807) is 30.3 Å². The zero-order chi connectivity index (χ0) is 30.6. The van der Waals surface area contributed by atoms with Crippen molar-refractivity contribution in [3.63, 3.8) is 0 Å². The number of hydrogen-bond donors (Lipinski definition) is 1. The molecule has 0 saturated carbocycles. The SMILES string of the molecule is CCN1C2=C(C(=O)CC(C)(C)C2)C(c2cc(Cl)ccc2OCC(=O)Nc2ccc(C)c(Cl)c2)C2=C1CC(C)(C)CC2=O. The van der Waals surface area contributed by atoms with Crippen LogP contribution in [0.5, 0.6) is 5.75 Å². The van der Waals surface area contributed by atoms with Gasteiger partial charge in [-0.2, -0.15) is 0 Å². The number of nitrogens with zero attached hydrogens (tertiary/aromatic N) is 1. The summed E-state index contributed by atoms with van der Waals surface area (Å²) < 4.78 is 6.11. The minimum atomic E-state index is -0.613. The van der Waals surface area contributed by atoms with Crippen molar-refractivity contribution in [3.8, 4) is 5.75 Å². The lowest BCUT2D eigenvalue weighted by Crippen LogP contribution is -2.44. The number of benzene rings is 2. The van der Waals surface area contributed by atoms with Crippen molar-refractivity contribution in [1.29, 1.82) is 0 Å². The maximum Gasteiger partial charge on any atom is 0.262 e. The maximum atomic E-state index is 13.9. The van der Waals surface area contributed by atoms with E-state index in [-0.39, 0.29) is 34.9 Å². The molecule has 1 amide bonds. The van der Waals surface area contributed by atoms with Gasteiger partial charge in [0, 0.05) is 69.1 Å². The minimum Gasteiger partial charge on any atom is -0.483 e. The Morgan fingerprint density at radius 1 is 0.929 bits per heavy atom. The quantitative estimate of drug-likeness (QED) is 0.359. The van der Waals surface area contributed by atoms with Crippen LogP contribution in [0.15, 0.2) is 58.9 Å². The molecule has 0 radical (unpaired) electrons. The van der Waals surface area contributed by atoms with Gasteiger partial charge in [0.15, 0.2) is 18.2 Å². The Morgan fingerprint density at radius 3 is 2.07 bits per heavy atom. The summed E-state index contributed by atoms with van der Waals surface area (Å²) in [5, 5.41) is 3.84. The largest absolute Gasteiger partial charge is 0.483 e. The molecular weight excluding hydrogens is 571 g/mol.